The van der Waals surface area contributed by atoms with Crippen molar-refractivity contribution in [3.63, 3.8) is 0 Å². The van der Waals surface area contributed by atoms with E-state index in [4.69, 9.17) is 11.5 Å². The number of rotatable bonds is 4. The maximum atomic E-state index is 11.1. The summed E-state index contributed by atoms with van der Waals surface area (Å²) in [6, 6.07) is -0.763. The van der Waals surface area contributed by atoms with E-state index in [0.29, 0.717) is 13.0 Å². The Balaban J connectivity index is 2.43. The van der Waals surface area contributed by atoms with Crippen LogP contribution in [0.5, 0.6) is 0 Å². The standard InChI is InChI=1S/C8H15N3O3/c9-5(6(12)7(10)13)3-4-1-2-11-8(4)14/h4-6,12H,1-3,9H2,(H2,10,13)(H,11,14)/t4-,5-,6?/m0/s1. The van der Waals surface area contributed by atoms with Crippen molar-refractivity contribution in [2.45, 2.75) is 25.0 Å². The number of aliphatic hydroxyl groups excluding tert-OH is 1. The van der Waals surface area contributed by atoms with Gasteiger partial charge in [-0.05, 0) is 12.8 Å². The molecule has 0 aliphatic carbocycles. The number of primary amides is 1. The van der Waals surface area contributed by atoms with Crippen LogP contribution in [0.4, 0.5) is 0 Å². The van der Waals surface area contributed by atoms with Gasteiger partial charge in [-0.25, -0.2) is 0 Å². The molecule has 0 aromatic rings. The van der Waals surface area contributed by atoms with Gasteiger partial charge in [0.15, 0.2) is 0 Å². The lowest BCUT2D eigenvalue weighted by Gasteiger charge is -2.17. The summed E-state index contributed by atoms with van der Waals surface area (Å²) < 4.78 is 0. The Hall–Kier alpha value is -1.14. The lowest BCUT2D eigenvalue weighted by molar-refractivity contribution is -0.128. The van der Waals surface area contributed by atoms with Crippen molar-refractivity contribution in [2.24, 2.45) is 17.4 Å². The first-order valence-electron chi connectivity index (χ1n) is 4.53. The van der Waals surface area contributed by atoms with Gasteiger partial charge in [-0.15, -0.1) is 0 Å². The molecule has 1 heterocycles. The van der Waals surface area contributed by atoms with Crippen molar-refractivity contribution in [1.29, 1.82) is 0 Å². The first-order chi connectivity index (χ1) is 6.52. The molecule has 1 rings (SSSR count). The molecule has 14 heavy (non-hydrogen) atoms. The SMILES string of the molecule is NC(=O)C(O)[C@@H](N)C[C@@H]1CCNC1=O. The summed E-state index contributed by atoms with van der Waals surface area (Å²) in [5.74, 6) is -1.13. The highest BCUT2D eigenvalue weighted by molar-refractivity contribution is 5.81. The minimum atomic E-state index is -1.37. The Morgan fingerprint density at radius 3 is 2.79 bits per heavy atom. The van der Waals surface area contributed by atoms with Crippen LogP contribution in [0.25, 0.3) is 0 Å². The Morgan fingerprint density at radius 2 is 2.36 bits per heavy atom. The van der Waals surface area contributed by atoms with E-state index in [1.807, 2.05) is 0 Å². The lowest BCUT2D eigenvalue weighted by atomic mass is 9.95. The molecule has 0 aromatic heterocycles. The molecule has 0 saturated carbocycles. The maximum Gasteiger partial charge on any atom is 0.247 e. The normalized spacial score (nSPS) is 25.6. The van der Waals surface area contributed by atoms with E-state index in [0.717, 1.165) is 0 Å². The third kappa shape index (κ3) is 2.43. The first-order valence-corrected chi connectivity index (χ1v) is 4.53. The molecule has 0 bridgehead atoms. The molecule has 6 N–H and O–H groups in total. The molecule has 0 radical (unpaired) electrons. The largest absolute Gasteiger partial charge is 0.382 e. The van der Waals surface area contributed by atoms with Crippen molar-refractivity contribution >= 4 is 11.8 Å². The number of nitrogens with two attached hydrogens (primary N) is 2. The summed E-state index contributed by atoms with van der Waals surface area (Å²) in [4.78, 5) is 21.7. The van der Waals surface area contributed by atoms with Crippen LogP contribution in [0, 0.1) is 5.92 Å². The number of hydrogen-bond acceptors (Lipinski definition) is 4. The van der Waals surface area contributed by atoms with Gasteiger partial charge in [0.25, 0.3) is 0 Å². The Bertz CT molecular complexity index is 244. The van der Waals surface area contributed by atoms with Crippen LogP contribution in [-0.2, 0) is 9.59 Å². The molecule has 6 nitrogen and oxygen atoms in total. The second-order valence-electron chi connectivity index (χ2n) is 3.52. The Labute approximate surface area is 81.6 Å². The number of carbonyl (C=O) groups is 2. The molecular formula is C8H15N3O3. The van der Waals surface area contributed by atoms with Gasteiger partial charge >= 0.3 is 0 Å². The van der Waals surface area contributed by atoms with E-state index in [1.54, 1.807) is 0 Å². The molecule has 6 heteroatoms. The van der Waals surface area contributed by atoms with Crippen molar-refractivity contribution in [1.82, 2.24) is 5.32 Å². The summed E-state index contributed by atoms with van der Waals surface area (Å²) in [5.41, 5.74) is 10.4. The summed E-state index contributed by atoms with van der Waals surface area (Å²) in [7, 11) is 0. The second kappa shape index (κ2) is 4.39. The zero-order valence-electron chi connectivity index (χ0n) is 7.77. The predicted molar refractivity (Wildman–Crippen MR) is 48.9 cm³/mol. The molecule has 1 saturated heterocycles. The topological polar surface area (TPSA) is 118 Å². The van der Waals surface area contributed by atoms with Gasteiger partial charge in [0.1, 0.15) is 6.10 Å². The highest BCUT2D eigenvalue weighted by Gasteiger charge is 2.30. The average molecular weight is 201 g/mol. The van der Waals surface area contributed by atoms with E-state index in [9.17, 15) is 14.7 Å². The van der Waals surface area contributed by atoms with Crippen LogP contribution in [0.15, 0.2) is 0 Å². The Kier molecular flexibility index (Phi) is 3.43. The monoisotopic (exact) mass is 201 g/mol. The molecule has 1 aliphatic heterocycles. The fraction of sp³-hybridized carbons (Fsp3) is 0.750. The minimum Gasteiger partial charge on any atom is -0.382 e. The molecule has 1 fully saturated rings. The van der Waals surface area contributed by atoms with Crippen molar-refractivity contribution < 1.29 is 14.7 Å². The van der Waals surface area contributed by atoms with E-state index in [1.165, 1.54) is 0 Å². The van der Waals surface area contributed by atoms with Gasteiger partial charge in [0, 0.05) is 18.5 Å². The predicted octanol–water partition coefficient (Wildman–Crippen LogP) is -2.31. The number of aliphatic hydroxyl groups is 1. The maximum absolute atomic E-state index is 11.1. The van der Waals surface area contributed by atoms with Crippen molar-refractivity contribution in [3.8, 4) is 0 Å². The third-order valence-corrected chi connectivity index (χ3v) is 2.42. The summed E-state index contributed by atoms with van der Waals surface area (Å²) in [6.07, 6.45) is -0.392. The van der Waals surface area contributed by atoms with Gasteiger partial charge in [0.05, 0.1) is 0 Å². The highest BCUT2D eigenvalue weighted by atomic mass is 16.3. The van der Waals surface area contributed by atoms with Crippen molar-refractivity contribution in [2.75, 3.05) is 6.54 Å². The molecule has 3 atom stereocenters. The summed E-state index contributed by atoms with van der Waals surface area (Å²) in [5, 5.41) is 11.9. The molecule has 80 valence electrons. The number of hydrogen-bond donors (Lipinski definition) is 4. The third-order valence-electron chi connectivity index (χ3n) is 2.42. The number of carbonyl (C=O) groups excluding carboxylic acids is 2. The molecule has 1 unspecified atom stereocenters. The highest BCUT2D eigenvalue weighted by Crippen LogP contribution is 2.16. The fourth-order valence-corrected chi connectivity index (χ4v) is 1.54. The smallest absolute Gasteiger partial charge is 0.247 e. The second-order valence-corrected chi connectivity index (χ2v) is 3.52. The fourth-order valence-electron chi connectivity index (χ4n) is 1.54. The van der Waals surface area contributed by atoms with Crippen LogP contribution < -0.4 is 16.8 Å². The minimum absolute atomic E-state index is 0.0721. The quantitative estimate of drug-likeness (QED) is 0.408. The molecule has 0 aromatic carbocycles. The Morgan fingerprint density at radius 1 is 1.71 bits per heavy atom. The number of amides is 2. The van der Waals surface area contributed by atoms with Gasteiger partial charge in [-0.1, -0.05) is 0 Å². The zero-order chi connectivity index (χ0) is 10.7. The van der Waals surface area contributed by atoms with E-state index < -0.39 is 18.1 Å². The zero-order valence-corrected chi connectivity index (χ0v) is 7.77. The van der Waals surface area contributed by atoms with Crippen LogP contribution >= 0.6 is 0 Å². The molecule has 2 amide bonds. The molecule has 0 spiro atoms. The van der Waals surface area contributed by atoms with Gasteiger partial charge in [0.2, 0.25) is 11.8 Å². The molecular weight excluding hydrogens is 186 g/mol. The van der Waals surface area contributed by atoms with Crippen LogP contribution in [0.2, 0.25) is 0 Å². The van der Waals surface area contributed by atoms with Crippen LogP contribution in [0.1, 0.15) is 12.8 Å². The first kappa shape index (κ1) is 10.9. The van der Waals surface area contributed by atoms with E-state index in [-0.39, 0.29) is 18.2 Å². The van der Waals surface area contributed by atoms with Crippen molar-refractivity contribution in [3.05, 3.63) is 0 Å². The van der Waals surface area contributed by atoms with E-state index in [2.05, 4.69) is 5.32 Å². The van der Waals surface area contributed by atoms with Crippen LogP contribution in [-0.4, -0.2) is 35.6 Å². The van der Waals surface area contributed by atoms with Crippen LogP contribution in [0.3, 0.4) is 0 Å². The average Bonchev–Trinajstić information content (AvgIpc) is 2.50. The number of nitrogens with one attached hydrogen (secondary N) is 1. The lowest BCUT2D eigenvalue weighted by Crippen LogP contribution is -2.45. The van der Waals surface area contributed by atoms with Gasteiger partial charge in [-0.2, -0.15) is 0 Å². The summed E-state index contributed by atoms with van der Waals surface area (Å²) in [6.45, 7) is 0.628. The summed E-state index contributed by atoms with van der Waals surface area (Å²) >= 11 is 0. The molecule has 1 aliphatic rings. The van der Waals surface area contributed by atoms with E-state index >= 15 is 0 Å². The van der Waals surface area contributed by atoms with Gasteiger partial charge < -0.3 is 21.9 Å². The van der Waals surface area contributed by atoms with Gasteiger partial charge in [-0.3, -0.25) is 9.59 Å².